The number of methoxy groups -OCH3 is 1. The quantitative estimate of drug-likeness (QED) is 0.0489. The van der Waals surface area contributed by atoms with Gasteiger partial charge in [-0.3, -0.25) is 14.4 Å². The predicted molar refractivity (Wildman–Crippen MR) is 163 cm³/mol. The molecular weight excluding hydrogens is 526 g/mol. The lowest BCUT2D eigenvalue weighted by molar-refractivity contribution is -0.145. The number of carbonyl (C=O) groups is 3. The minimum Gasteiger partial charge on any atom is -0.469 e. The van der Waals surface area contributed by atoms with Gasteiger partial charge in [0.25, 0.3) is 0 Å². The summed E-state index contributed by atoms with van der Waals surface area (Å²) < 4.78 is 9.54. The van der Waals surface area contributed by atoms with Gasteiger partial charge in [0.15, 0.2) is 0 Å². The highest BCUT2D eigenvalue weighted by molar-refractivity contribution is 8.00. The molecule has 0 aliphatic heterocycles. The summed E-state index contributed by atoms with van der Waals surface area (Å²) in [5.41, 5.74) is 0.562. The Morgan fingerprint density at radius 3 is 2.40 bits per heavy atom. The van der Waals surface area contributed by atoms with Crippen molar-refractivity contribution in [2.45, 2.75) is 114 Å². The first kappa shape index (κ1) is 35.4. The molecule has 0 saturated heterocycles. The fourth-order valence-corrected chi connectivity index (χ4v) is 5.19. The summed E-state index contributed by atoms with van der Waals surface area (Å²) in [6.07, 6.45) is 19.8. The van der Waals surface area contributed by atoms with Crippen molar-refractivity contribution in [3.8, 4) is 0 Å². The van der Waals surface area contributed by atoms with E-state index in [1.807, 2.05) is 36.4 Å². The standard InChI is InChI=1S/C32H49NO6S/c1-4-6-7-8-9-10-11-12-13-14-15-16-22-29(28(34)21-18-23-31(36)38-3)40-27-20-17-19-26(24-27)33-30(35)25-32(37)39-5-2/h14-17,19-20,22,24,28-29,34H,4-13,18,21,23,25H2,1-3H3,(H,33,35)/b15-14-,22-16+/t28-,29+/m0/s1. The number of ether oxygens (including phenoxy) is 2. The average molecular weight is 576 g/mol. The number of nitrogens with one attached hydrogen (secondary N) is 1. The average Bonchev–Trinajstić information content (AvgIpc) is 2.93. The van der Waals surface area contributed by atoms with Gasteiger partial charge in [0.2, 0.25) is 5.91 Å². The summed E-state index contributed by atoms with van der Waals surface area (Å²) in [5, 5.41) is 13.4. The number of unbranched alkanes of at least 4 members (excludes halogenated alkanes) is 8. The van der Waals surface area contributed by atoms with Gasteiger partial charge >= 0.3 is 11.9 Å². The van der Waals surface area contributed by atoms with E-state index in [0.29, 0.717) is 18.5 Å². The number of aliphatic hydroxyl groups is 1. The van der Waals surface area contributed by atoms with Gasteiger partial charge in [0.05, 0.1) is 25.1 Å². The highest BCUT2D eigenvalue weighted by Gasteiger charge is 2.19. The lowest BCUT2D eigenvalue weighted by Crippen LogP contribution is -2.21. The van der Waals surface area contributed by atoms with Crippen LogP contribution in [0.4, 0.5) is 5.69 Å². The normalized spacial score (nSPS) is 12.9. The van der Waals surface area contributed by atoms with Gasteiger partial charge in [-0.1, -0.05) is 82.2 Å². The highest BCUT2D eigenvalue weighted by Crippen LogP contribution is 2.30. The van der Waals surface area contributed by atoms with Crippen LogP contribution in [0.25, 0.3) is 0 Å². The van der Waals surface area contributed by atoms with Crippen LogP contribution < -0.4 is 5.32 Å². The Kier molecular flexibility index (Phi) is 20.5. The molecule has 1 aromatic carbocycles. The summed E-state index contributed by atoms with van der Waals surface area (Å²) in [4.78, 5) is 36.1. The number of rotatable bonds is 22. The number of carbonyl (C=O) groups excluding carboxylic acids is 3. The van der Waals surface area contributed by atoms with Crippen molar-refractivity contribution < 1.29 is 29.0 Å². The minimum atomic E-state index is -0.672. The number of esters is 2. The van der Waals surface area contributed by atoms with Crippen molar-refractivity contribution >= 4 is 35.3 Å². The Hall–Kier alpha value is -2.58. The molecule has 0 heterocycles. The molecule has 0 aliphatic rings. The molecule has 1 amide bonds. The van der Waals surface area contributed by atoms with Crippen LogP contribution in [-0.4, -0.2) is 48.0 Å². The first-order valence-corrected chi connectivity index (χ1v) is 15.6. The molecule has 0 aromatic heterocycles. The lowest BCUT2D eigenvalue weighted by Gasteiger charge is -2.20. The maximum Gasteiger partial charge on any atom is 0.315 e. The number of allylic oxidation sites excluding steroid dienone is 3. The molecule has 0 radical (unpaired) electrons. The van der Waals surface area contributed by atoms with Gasteiger partial charge in [-0.25, -0.2) is 0 Å². The van der Waals surface area contributed by atoms with E-state index in [0.717, 1.165) is 11.3 Å². The van der Waals surface area contributed by atoms with Crippen LogP contribution >= 0.6 is 11.8 Å². The van der Waals surface area contributed by atoms with E-state index in [1.54, 1.807) is 13.0 Å². The monoisotopic (exact) mass is 575 g/mol. The summed E-state index contributed by atoms with van der Waals surface area (Å²) >= 11 is 1.48. The van der Waals surface area contributed by atoms with E-state index >= 15 is 0 Å². The van der Waals surface area contributed by atoms with Crippen molar-refractivity contribution in [1.82, 2.24) is 0 Å². The molecule has 2 N–H and O–H groups in total. The van der Waals surface area contributed by atoms with Gasteiger partial charge in [-0.05, 0) is 50.8 Å². The molecule has 224 valence electrons. The number of anilines is 1. The number of amides is 1. The number of thioether (sulfide) groups is 1. The molecule has 0 spiro atoms. The number of hydrogen-bond acceptors (Lipinski definition) is 7. The van der Waals surface area contributed by atoms with E-state index in [1.165, 1.54) is 70.2 Å². The van der Waals surface area contributed by atoms with Crippen LogP contribution in [0.15, 0.2) is 53.5 Å². The summed E-state index contributed by atoms with van der Waals surface area (Å²) in [5.74, 6) is -1.30. The second kappa shape index (κ2) is 23.2. The molecular formula is C32H49NO6S. The lowest BCUT2D eigenvalue weighted by atomic mass is 10.1. The third kappa shape index (κ3) is 17.9. The Morgan fingerprint density at radius 1 is 0.975 bits per heavy atom. The Morgan fingerprint density at radius 2 is 1.70 bits per heavy atom. The smallest absolute Gasteiger partial charge is 0.315 e. The van der Waals surface area contributed by atoms with E-state index in [2.05, 4.69) is 18.3 Å². The van der Waals surface area contributed by atoms with Crippen LogP contribution in [-0.2, 0) is 23.9 Å². The fraction of sp³-hybridized carbons (Fsp3) is 0.594. The van der Waals surface area contributed by atoms with Crippen molar-refractivity contribution in [3.05, 3.63) is 48.6 Å². The zero-order chi connectivity index (χ0) is 29.4. The highest BCUT2D eigenvalue weighted by atomic mass is 32.2. The molecule has 0 unspecified atom stereocenters. The van der Waals surface area contributed by atoms with Crippen LogP contribution in [0.1, 0.15) is 97.3 Å². The molecule has 7 nitrogen and oxygen atoms in total. The van der Waals surface area contributed by atoms with Crippen molar-refractivity contribution in [2.75, 3.05) is 19.0 Å². The third-order valence-corrected chi connectivity index (χ3v) is 7.53. The van der Waals surface area contributed by atoms with Gasteiger partial charge in [-0.2, -0.15) is 0 Å². The zero-order valence-corrected chi connectivity index (χ0v) is 25.4. The van der Waals surface area contributed by atoms with Crippen LogP contribution in [0.5, 0.6) is 0 Å². The Labute approximate surface area is 245 Å². The molecule has 1 aromatic rings. The second-order valence-electron chi connectivity index (χ2n) is 9.75. The van der Waals surface area contributed by atoms with Gasteiger partial charge < -0.3 is 19.9 Å². The fourth-order valence-electron chi connectivity index (χ4n) is 4.07. The summed E-state index contributed by atoms with van der Waals surface area (Å²) in [6.45, 7) is 4.16. The van der Waals surface area contributed by atoms with Crippen LogP contribution in [0.2, 0.25) is 0 Å². The van der Waals surface area contributed by atoms with Gasteiger partial charge in [0, 0.05) is 17.0 Å². The first-order chi connectivity index (χ1) is 19.4. The van der Waals surface area contributed by atoms with Crippen molar-refractivity contribution in [2.24, 2.45) is 0 Å². The van der Waals surface area contributed by atoms with E-state index in [4.69, 9.17) is 9.47 Å². The first-order valence-electron chi connectivity index (χ1n) is 14.7. The Balaban J connectivity index is 2.69. The van der Waals surface area contributed by atoms with E-state index in [9.17, 15) is 19.5 Å². The second-order valence-corrected chi connectivity index (χ2v) is 11.0. The third-order valence-electron chi connectivity index (χ3n) is 6.26. The van der Waals surface area contributed by atoms with Gasteiger partial charge in [-0.15, -0.1) is 11.8 Å². The van der Waals surface area contributed by atoms with Crippen LogP contribution in [0, 0.1) is 0 Å². The SMILES string of the molecule is CCCCCCCCCC/C=C\C=C\[C@@H](Sc1cccc(NC(=O)CC(=O)OCC)c1)[C@@H](O)CCCC(=O)OC. The maximum absolute atomic E-state index is 12.2. The summed E-state index contributed by atoms with van der Waals surface area (Å²) in [6, 6.07) is 7.29. The summed E-state index contributed by atoms with van der Waals surface area (Å²) in [7, 11) is 1.36. The molecule has 40 heavy (non-hydrogen) atoms. The van der Waals surface area contributed by atoms with Crippen molar-refractivity contribution in [3.63, 3.8) is 0 Å². The largest absolute Gasteiger partial charge is 0.469 e. The number of benzene rings is 1. The molecule has 0 fully saturated rings. The molecule has 0 bridgehead atoms. The predicted octanol–water partition coefficient (Wildman–Crippen LogP) is 7.39. The van der Waals surface area contributed by atoms with Crippen LogP contribution in [0.3, 0.4) is 0 Å². The van der Waals surface area contributed by atoms with Crippen molar-refractivity contribution in [1.29, 1.82) is 0 Å². The number of hydrogen-bond donors (Lipinski definition) is 2. The van der Waals surface area contributed by atoms with E-state index < -0.39 is 18.0 Å². The molecule has 1 rings (SSSR count). The zero-order valence-electron chi connectivity index (χ0n) is 24.6. The molecule has 8 heteroatoms. The molecule has 2 atom stereocenters. The topological polar surface area (TPSA) is 102 Å². The number of aliphatic hydroxyl groups excluding tert-OH is 1. The maximum atomic E-state index is 12.2. The Bertz CT molecular complexity index is 916. The van der Waals surface area contributed by atoms with Gasteiger partial charge in [0.1, 0.15) is 6.42 Å². The molecule has 0 saturated carbocycles. The minimum absolute atomic E-state index is 0.226. The van der Waals surface area contributed by atoms with E-state index in [-0.39, 0.29) is 30.7 Å². The molecule has 0 aliphatic carbocycles.